The van der Waals surface area contributed by atoms with Crippen LogP contribution in [0, 0.1) is 11.3 Å². The van der Waals surface area contributed by atoms with Gasteiger partial charge in [-0.3, -0.25) is 0 Å². The molecule has 114 valence electrons. The summed E-state index contributed by atoms with van der Waals surface area (Å²) in [5.74, 6) is 0. The van der Waals surface area contributed by atoms with Gasteiger partial charge < -0.3 is 10.2 Å². The lowest BCUT2D eigenvalue weighted by atomic mass is 10.0. The SMILES string of the molecule is CCCNC(CC)c1ccccc1N(CCC#N)C1CC1. The summed E-state index contributed by atoms with van der Waals surface area (Å²) in [4.78, 5) is 2.45. The van der Waals surface area contributed by atoms with E-state index in [1.807, 2.05) is 0 Å². The lowest BCUT2D eigenvalue weighted by molar-refractivity contribution is 0.517. The van der Waals surface area contributed by atoms with Crippen molar-refractivity contribution < 1.29 is 0 Å². The third kappa shape index (κ3) is 4.22. The highest BCUT2D eigenvalue weighted by Gasteiger charge is 2.30. The highest BCUT2D eigenvalue weighted by atomic mass is 15.2. The van der Waals surface area contributed by atoms with Crippen LogP contribution in [-0.4, -0.2) is 19.1 Å². The Hall–Kier alpha value is -1.53. The van der Waals surface area contributed by atoms with E-state index >= 15 is 0 Å². The van der Waals surface area contributed by atoms with E-state index in [0.717, 1.165) is 25.9 Å². The van der Waals surface area contributed by atoms with Crippen molar-refractivity contribution in [1.29, 1.82) is 5.26 Å². The molecule has 0 amide bonds. The van der Waals surface area contributed by atoms with Crippen LogP contribution in [-0.2, 0) is 0 Å². The van der Waals surface area contributed by atoms with Crippen LogP contribution in [0.25, 0.3) is 0 Å². The minimum absolute atomic E-state index is 0.407. The van der Waals surface area contributed by atoms with Crippen molar-refractivity contribution in [2.24, 2.45) is 0 Å². The number of hydrogen-bond acceptors (Lipinski definition) is 3. The molecule has 0 spiro atoms. The second-order valence-electron chi connectivity index (χ2n) is 5.81. The smallest absolute Gasteiger partial charge is 0.0640 e. The van der Waals surface area contributed by atoms with E-state index in [0.29, 0.717) is 18.5 Å². The number of rotatable bonds is 9. The van der Waals surface area contributed by atoms with Crippen molar-refractivity contribution in [3.05, 3.63) is 29.8 Å². The Morgan fingerprint density at radius 2 is 2.10 bits per heavy atom. The minimum Gasteiger partial charge on any atom is -0.367 e. The van der Waals surface area contributed by atoms with Gasteiger partial charge >= 0.3 is 0 Å². The van der Waals surface area contributed by atoms with E-state index in [1.54, 1.807) is 0 Å². The van der Waals surface area contributed by atoms with Gasteiger partial charge in [-0.15, -0.1) is 0 Å². The van der Waals surface area contributed by atoms with Crippen molar-refractivity contribution in [3.63, 3.8) is 0 Å². The van der Waals surface area contributed by atoms with Gasteiger partial charge in [0, 0.05) is 24.3 Å². The maximum atomic E-state index is 8.92. The Balaban J connectivity index is 2.23. The molecule has 3 heteroatoms. The topological polar surface area (TPSA) is 39.1 Å². The lowest BCUT2D eigenvalue weighted by Gasteiger charge is -2.29. The van der Waals surface area contributed by atoms with Crippen molar-refractivity contribution in [2.75, 3.05) is 18.0 Å². The van der Waals surface area contributed by atoms with Crippen LogP contribution in [0.15, 0.2) is 24.3 Å². The molecular weight excluding hydrogens is 258 g/mol. The van der Waals surface area contributed by atoms with E-state index in [4.69, 9.17) is 5.26 Å². The first-order valence-electron chi connectivity index (χ1n) is 8.27. The molecule has 0 aromatic heterocycles. The van der Waals surface area contributed by atoms with Crippen molar-refractivity contribution in [3.8, 4) is 6.07 Å². The number of benzene rings is 1. The molecule has 1 aliphatic rings. The maximum absolute atomic E-state index is 8.92. The van der Waals surface area contributed by atoms with Crippen LogP contribution in [0.4, 0.5) is 5.69 Å². The molecule has 0 saturated heterocycles. The van der Waals surface area contributed by atoms with E-state index < -0.39 is 0 Å². The fourth-order valence-corrected chi connectivity index (χ4v) is 2.89. The molecule has 2 rings (SSSR count). The van der Waals surface area contributed by atoms with Crippen LogP contribution in [0.1, 0.15) is 57.6 Å². The summed E-state index contributed by atoms with van der Waals surface area (Å²) in [6.07, 6.45) is 5.37. The molecule has 0 bridgehead atoms. The third-order valence-electron chi connectivity index (χ3n) is 4.12. The third-order valence-corrected chi connectivity index (χ3v) is 4.12. The van der Waals surface area contributed by atoms with Gasteiger partial charge in [0.05, 0.1) is 12.5 Å². The summed E-state index contributed by atoms with van der Waals surface area (Å²) in [5.41, 5.74) is 2.71. The Morgan fingerprint density at radius 1 is 1.33 bits per heavy atom. The van der Waals surface area contributed by atoms with Crippen LogP contribution in [0.3, 0.4) is 0 Å². The number of nitrogens with zero attached hydrogens (tertiary/aromatic N) is 2. The second kappa shape index (κ2) is 8.05. The number of para-hydroxylation sites is 1. The van der Waals surface area contributed by atoms with Crippen LogP contribution < -0.4 is 10.2 Å². The number of nitriles is 1. The number of anilines is 1. The Labute approximate surface area is 129 Å². The first kappa shape index (κ1) is 15.9. The highest BCUT2D eigenvalue weighted by Crippen LogP contribution is 2.36. The molecular formula is C18H27N3. The molecule has 1 unspecified atom stereocenters. The summed E-state index contributed by atoms with van der Waals surface area (Å²) in [7, 11) is 0. The molecule has 21 heavy (non-hydrogen) atoms. The Morgan fingerprint density at radius 3 is 2.71 bits per heavy atom. The quantitative estimate of drug-likeness (QED) is 0.745. The largest absolute Gasteiger partial charge is 0.367 e. The predicted octanol–water partition coefficient (Wildman–Crippen LogP) is 4.02. The summed E-state index contributed by atoms with van der Waals surface area (Å²) in [6, 6.07) is 12.1. The maximum Gasteiger partial charge on any atom is 0.0640 e. The number of hydrogen-bond donors (Lipinski definition) is 1. The molecule has 0 heterocycles. The zero-order valence-electron chi connectivity index (χ0n) is 13.3. The predicted molar refractivity (Wildman–Crippen MR) is 88.4 cm³/mol. The van der Waals surface area contributed by atoms with Crippen LogP contribution in [0.2, 0.25) is 0 Å². The van der Waals surface area contributed by atoms with Gasteiger partial charge in [-0.05, 0) is 43.9 Å². The van der Waals surface area contributed by atoms with Gasteiger partial charge in [-0.25, -0.2) is 0 Å². The van der Waals surface area contributed by atoms with E-state index in [1.165, 1.54) is 24.1 Å². The van der Waals surface area contributed by atoms with E-state index in [2.05, 4.69) is 54.4 Å². The fourth-order valence-electron chi connectivity index (χ4n) is 2.89. The first-order valence-corrected chi connectivity index (χ1v) is 8.27. The summed E-state index contributed by atoms with van der Waals surface area (Å²) < 4.78 is 0. The zero-order chi connectivity index (χ0) is 15.1. The number of nitrogens with one attached hydrogen (secondary N) is 1. The zero-order valence-corrected chi connectivity index (χ0v) is 13.3. The van der Waals surface area contributed by atoms with Crippen molar-refractivity contribution >= 4 is 5.69 Å². The average Bonchev–Trinajstić information content (AvgIpc) is 3.34. The molecule has 1 N–H and O–H groups in total. The van der Waals surface area contributed by atoms with Gasteiger partial charge in [-0.1, -0.05) is 32.0 Å². The molecule has 0 radical (unpaired) electrons. The van der Waals surface area contributed by atoms with E-state index in [9.17, 15) is 0 Å². The molecule has 1 atom stereocenters. The van der Waals surface area contributed by atoms with Gasteiger partial charge in [0.2, 0.25) is 0 Å². The van der Waals surface area contributed by atoms with Crippen LogP contribution in [0.5, 0.6) is 0 Å². The normalized spacial score (nSPS) is 15.5. The average molecular weight is 285 g/mol. The van der Waals surface area contributed by atoms with Gasteiger partial charge in [0.15, 0.2) is 0 Å². The van der Waals surface area contributed by atoms with Gasteiger partial charge in [-0.2, -0.15) is 5.26 Å². The van der Waals surface area contributed by atoms with Crippen LogP contribution >= 0.6 is 0 Å². The molecule has 0 aliphatic heterocycles. The molecule has 1 saturated carbocycles. The summed E-state index contributed by atoms with van der Waals surface area (Å²) in [5, 5.41) is 12.6. The van der Waals surface area contributed by atoms with Crippen molar-refractivity contribution in [1.82, 2.24) is 5.32 Å². The Kier molecular flexibility index (Phi) is 6.07. The van der Waals surface area contributed by atoms with Crippen molar-refractivity contribution in [2.45, 2.75) is 58.0 Å². The highest BCUT2D eigenvalue weighted by molar-refractivity contribution is 5.56. The molecule has 1 aromatic rings. The summed E-state index contributed by atoms with van der Waals surface area (Å²) >= 11 is 0. The van der Waals surface area contributed by atoms with E-state index in [-0.39, 0.29) is 0 Å². The minimum atomic E-state index is 0.407. The monoisotopic (exact) mass is 285 g/mol. The summed E-state index contributed by atoms with van der Waals surface area (Å²) in [6.45, 7) is 6.34. The second-order valence-corrected chi connectivity index (χ2v) is 5.81. The van der Waals surface area contributed by atoms with Gasteiger partial charge in [0.25, 0.3) is 0 Å². The fraction of sp³-hybridized carbons (Fsp3) is 0.611. The molecule has 3 nitrogen and oxygen atoms in total. The lowest BCUT2D eigenvalue weighted by Crippen LogP contribution is -2.30. The molecule has 1 fully saturated rings. The first-order chi connectivity index (χ1) is 10.3. The molecule has 1 aliphatic carbocycles. The standard InChI is InChI=1S/C18H27N3/c1-3-13-20-17(4-2)16-8-5-6-9-18(16)21(14-7-12-19)15-10-11-15/h5-6,8-9,15,17,20H,3-4,7,10-11,13-14H2,1-2H3. The Bertz CT molecular complexity index is 474. The molecule has 1 aromatic carbocycles. The van der Waals surface area contributed by atoms with Gasteiger partial charge in [0.1, 0.15) is 0 Å².